The molecular formula is C24H23Cl3N2O4S. The summed E-state index contributed by atoms with van der Waals surface area (Å²) in [7, 11) is -2.54. The number of sulfonamides is 1. The third-order valence-corrected chi connectivity index (χ3v) is 7.92. The molecule has 3 aromatic carbocycles. The molecule has 1 atom stereocenters. The first kappa shape index (κ1) is 26.3. The zero-order valence-electron chi connectivity index (χ0n) is 18.5. The lowest BCUT2D eigenvalue weighted by atomic mass is 10.1. The van der Waals surface area contributed by atoms with E-state index in [2.05, 4.69) is 5.32 Å². The Morgan fingerprint density at radius 1 is 0.971 bits per heavy atom. The van der Waals surface area contributed by atoms with Crippen LogP contribution in [0.25, 0.3) is 0 Å². The van der Waals surface area contributed by atoms with Gasteiger partial charge in [0.05, 0.1) is 24.6 Å². The molecule has 1 amide bonds. The summed E-state index contributed by atoms with van der Waals surface area (Å²) in [6.45, 7) is 1.14. The normalized spacial score (nSPS) is 12.4. The van der Waals surface area contributed by atoms with E-state index in [0.29, 0.717) is 26.4 Å². The molecule has 34 heavy (non-hydrogen) atoms. The molecule has 0 fully saturated rings. The minimum absolute atomic E-state index is 0.00865. The number of amides is 1. The Morgan fingerprint density at radius 3 is 2.21 bits per heavy atom. The largest absolute Gasteiger partial charge is 0.496 e. The molecule has 0 aliphatic rings. The zero-order chi connectivity index (χ0) is 24.9. The number of methoxy groups -OCH3 is 1. The van der Waals surface area contributed by atoms with Crippen LogP contribution in [0, 0.1) is 0 Å². The van der Waals surface area contributed by atoms with Crippen molar-refractivity contribution in [3.05, 3.63) is 92.9 Å². The van der Waals surface area contributed by atoms with Gasteiger partial charge in [-0.2, -0.15) is 4.31 Å². The van der Waals surface area contributed by atoms with E-state index in [1.807, 2.05) is 18.2 Å². The molecule has 0 saturated carbocycles. The Hall–Kier alpha value is -2.29. The Labute approximate surface area is 214 Å². The topological polar surface area (TPSA) is 75.7 Å². The van der Waals surface area contributed by atoms with Crippen LogP contribution in [0.2, 0.25) is 15.1 Å². The lowest BCUT2D eigenvalue weighted by Crippen LogP contribution is -2.41. The quantitative estimate of drug-likeness (QED) is 0.376. The fourth-order valence-corrected chi connectivity index (χ4v) is 5.40. The SMILES string of the molecule is COc1ccccc1C(C)NC(=O)CN(Cc1c(Cl)cccc1Cl)S(=O)(=O)c1ccc(Cl)cc1. The molecule has 3 aromatic rings. The molecule has 0 saturated heterocycles. The highest BCUT2D eigenvalue weighted by atomic mass is 35.5. The van der Waals surface area contributed by atoms with Crippen molar-refractivity contribution in [1.29, 1.82) is 0 Å². The molecule has 6 nitrogen and oxygen atoms in total. The molecule has 180 valence electrons. The van der Waals surface area contributed by atoms with Gasteiger partial charge in [0.1, 0.15) is 5.75 Å². The molecule has 3 rings (SSSR count). The third kappa shape index (κ3) is 6.23. The molecule has 0 heterocycles. The van der Waals surface area contributed by atoms with E-state index in [1.54, 1.807) is 38.3 Å². The van der Waals surface area contributed by atoms with Crippen LogP contribution in [0.5, 0.6) is 5.75 Å². The highest BCUT2D eigenvalue weighted by Crippen LogP contribution is 2.29. The van der Waals surface area contributed by atoms with Crippen molar-refractivity contribution < 1.29 is 17.9 Å². The highest BCUT2D eigenvalue weighted by Gasteiger charge is 2.29. The van der Waals surface area contributed by atoms with Crippen molar-refractivity contribution >= 4 is 50.7 Å². The van der Waals surface area contributed by atoms with Crippen LogP contribution in [0.15, 0.2) is 71.6 Å². The van der Waals surface area contributed by atoms with E-state index < -0.39 is 28.5 Å². The Kier molecular flexibility index (Phi) is 8.84. The summed E-state index contributed by atoms with van der Waals surface area (Å²) in [6.07, 6.45) is 0. The molecule has 0 aliphatic carbocycles. The molecule has 0 aromatic heterocycles. The standard InChI is InChI=1S/C24H23Cl3N2O4S/c1-16(19-6-3-4-9-23(19)33-2)28-24(30)15-29(14-20-21(26)7-5-8-22(20)27)34(31,32)18-12-10-17(25)11-13-18/h3-13,16H,14-15H2,1-2H3,(H,28,30). The van der Waals surface area contributed by atoms with Crippen molar-refractivity contribution in [1.82, 2.24) is 9.62 Å². The predicted octanol–water partition coefficient (Wildman–Crippen LogP) is 5.72. The van der Waals surface area contributed by atoms with Crippen molar-refractivity contribution in [2.75, 3.05) is 13.7 Å². The van der Waals surface area contributed by atoms with Crippen molar-refractivity contribution in [2.24, 2.45) is 0 Å². The lowest BCUT2D eigenvalue weighted by molar-refractivity contribution is -0.122. The number of carbonyl (C=O) groups excluding carboxylic acids is 1. The van der Waals surface area contributed by atoms with E-state index in [4.69, 9.17) is 39.5 Å². The smallest absolute Gasteiger partial charge is 0.243 e. The number of hydrogen-bond donors (Lipinski definition) is 1. The van der Waals surface area contributed by atoms with Crippen molar-refractivity contribution in [2.45, 2.75) is 24.4 Å². The fraction of sp³-hybridized carbons (Fsp3) is 0.208. The number of benzene rings is 3. The summed E-state index contributed by atoms with van der Waals surface area (Å²) in [4.78, 5) is 13.0. The summed E-state index contributed by atoms with van der Waals surface area (Å²) in [5.41, 5.74) is 1.16. The number of carbonyl (C=O) groups is 1. The molecule has 1 unspecified atom stereocenters. The second-order valence-electron chi connectivity index (χ2n) is 7.46. The van der Waals surface area contributed by atoms with Gasteiger partial charge in [0, 0.05) is 32.7 Å². The van der Waals surface area contributed by atoms with E-state index in [0.717, 1.165) is 9.87 Å². The first-order valence-corrected chi connectivity index (χ1v) is 12.8. The average Bonchev–Trinajstić information content (AvgIpc) is 2.80. The monoisotopic (exact) mass is 540 g/mol. The van der Waals surface area contributed by atoms with Gasteiger partial charge in [-0.05, 0) is 49.4 Å². The van der Waals surface area contributed by atoms with Crippen LogP contribution in [0.4, 0.5) is 0 Å². The fourth-order valence-electron chi connectivity index (χ4n) is 3.39. The summed E-state index contributed by atoms with van der Waals surface area (Å²) >= 11 is 18.5. The number of halogens is 3. The van der Waals surface area contributed by atoms with Gasteiger partial charge in [-0.25, -0.2) is 8.42 Å². The summed E-state index contributed by atoms with van der Waals surface area (Å²) in [5, 5.41) is 3.82. The maximum Gasteiger partial charge on any atom is 0.243 e. The third-order valence-electron chi connectivity index (χ3n) is 5.15. The number of nitrogens with zero attached hydrogens (tertiary/aromatic N) is 1. The molecule has 0 bridgehead atoms. The Balaban J connectivity index is 1.90. The average molecular weight is 542 g/mol. The van der Waals surface area contributed by atoms with E-state index in [1.165, 1.54) is 24.3 Å². The van der Waals surface area contributed by atoms with Crippen LogP contribution < -0.4 is 10.1 Å². The number of para-hydroxylation sites is 1. The molecule has 0 aliphatic heterocycles. The van der Waals surface area contributed by atoms with Gasteiger partial charge >= 0.3 is 0 Å². The summed E-state index contributed by atoms with van der Waals surface area (Å²) in [6, 6.07) is 17.4. The minimum atomic E-state index is -4.09. The maximum absolute atomic E-state index is 13.5. The van der Waals surface area contributed by atoms with Crippen molar-refractivity contribution in [3.8, 4) is 5.75 Å². The summed E-state index contributed by atoms with van der Waals surface area (Å²) in [5.74, 6) is 0.114. The second kappa shape index (κ2) is 11.4. The van der Waals surface area contributed by atoms with Gasteiger partial charge in [-0.3, -0.25) is 4.79 Å². The van der Waals surface area contributed by atoms with Gasteiger partial charge in [-0.15, -0.1) is 0 Å². The van der Waals surface area contributed by atoms with Crippen LogP contribution in [-0.4, -0.2) is 32.3 Å². The van der Waals surface area contributed by atoms with Crippen LogP contribution in [0.1, 0.15) is 24.1 Å². The lowest BCUT2D eigenvalue weighted by Gasteiger charge is -2.24. The molecule has 1 N–H and O–H groups in total. The summed E-state index contributed by atoms with van der Waals surface area (Å²) < 4.78 is 33.3. The highest BCUT2D eigenvalue weighted by molar-refractivity contribution is 7.89. The van der Waals surface area contributed by atoms with Gasteiger partial charge in [0.2, 0.25) is 15.9 Å². The first-order chi connectivity index (χ1) is 16.1. The first-order valence-electron chi connectivity index (χ1n) is 10.2. The number of ether oxygens (including phenoxy) is 1. The van der Waals surface area contributed by atoms with Crippen molar-refractivity contribution in [3.63, 3.8) is 0 Å². The van der Waals surface area contributed by atoms with E-state index >= 15 is 0 Å². The van der Waals surface area contributed by atoms with Crippen LogP contribution in [-0.2, 0) is 21.4 Å². The van der Waals surface area contributed by atoms with Crippen LogP contribution in [0.3, 0.4) is 0 Å². The Morgan fingerprint density at radius 2 is 1.59 bits per heavy atom. The second-order valence-corrected chi connectivity index (χ2v) is 10.6. The van der Waals surface area contributed by atoms with E-state index in [9.17, 15) is 13.2 Å². The molecular weight excluding hydrogens is 519 g/mol. The predicted molar refractivity (Wildman–Crippen MR) is 135 cm³/mol. The minimum Gasteiger partial charge on any atom is -0.496 e. The zero-order valence-corrected chi connectivity index (χ0v) is 21.5. The van der Waals surface area contributed by atoms with E-state index in [-0.39, 0.29) is 11.4 Å². The number of rotatable bonds is 9. The number of nitrogens with one attached hydrogen (secondary N) is 1. The number of hydrogen-bond acceptors (Lipinski definition) is 4. The molecule has 0 radical (unpaired) electrons. The van der Waals surface area contributed by atoms with Gasteiger partial charge < -0.3 is 10.1 Å². The Bertz CT molecular complexity index is 1250. The van der Waals surface area contributed by atoms with Gasteiger partial charge in [-0.1, -0.05) is 59.1 Å². The van der Waals surface area contributed by atoms with Gasteiger partial charge in [0.25, 0.3) is 0 Å². The van der Waals surface area contributed by atoms with Gasteiger partial charge in [0.15, 0.2) is 0 Å². The molecule has 10 heteroatoms. The maximum atomic E-state index is 13.5. The molecule has 0 spiro atoms. The van der Waals surface area contributed by atoms with Crippen LogP contribution >= 0.6 is 34.8 Å².